The predicted octanol–water partition coefficient (Wildman–Crippen LogP) is 1.91. The Balaban J connectivity index is 1.32. The number of amides is 1. The molecule has 5 nitrogen and oxygen atoms in total. The molecule has 1 aromatic rings. The third-order valence-corrected chi connectivity index (χ3v) is 5.07. The first kappa shape index (κ1) is 14.2. The Morgan fingerprint density at radius 1 is 1.41 bits per heavy atom. The van der Waals surface area contributed by atoms with E-state index in [-0.39, 0.29) is 18.1 Å². The predicted molar refractivity (Wildman–Crippen MR) is 83.4 cm³/mol. The minimum absolute atomic E-state index is 0.0313. The molecule has 3 atom stereocenters. The van der Waals surface area contributed by atoms with Crippen molar-refractivity contribution >= 4 is 11.6 Å². The van der Waals surface area contributed by atoms with Gasteiger partial charge in [-0.25, -0.2) is 0 Å². The number of carbonyl (C=O) groups excluding carboxylic acids is 1. The van der Waals surface area contributed by atoms with Gasteiger partial charge in [0.2, 0.25) is 0 Å². The second-order valence-corrected chi connectivity index (χ2v) is 6.88. The lowest BCUT2D eigenvalue weighted by Gasteiger charge is -2.34. The Morgan fingerprint density at radius 2 is 2.32 bits per heavy atom. The number of aromatic nitrogens is 1. The smallest absolute Gasteiger partial charge is 0.253 e. The van der Waals surface area contributed by atoms with Crippen LogP contribution in [0.15, 0.2) is 24.5 Å². The van der Waals surface area contributed by atoms with Crippen molar-refractivity contribution in [2.75, 3.05) is 25.0 Å². The molecule has 1 amide bonds. The lowest BCUT2D eigenvalue weighted by atomic mass is 9.91. The minimum Gasteiger partial charge on any atom is -0.364 e. The summed E-state index contributed by atoms with van der Waals surface area (Å²) in [6.45, 7) is 3.38. The fourth-order valence-electron chi connectivity index (χ4n) is 3.65. The van der Waals surface area contributed by atoms with Gasteiger partial charge in [0.15, 0.2) is 0 Å². The van der Waals surface area contributed by atoms with E-state index >= 15 is 0 Å². The first-order valence-electron chi connectivity index (χ1n) is 8.36. The molecular weight excluding hydrogens is 278 g/mol. The van der Waals surface area contributed by atoms with E-state index in [0.29, 0.717) is 5.92 Å². The number of hydrogen-bond donors (Lipinski definition) is 1. The molecule has 5 heteroatoms. The molecule has 2 aliphatic heterocycles. The van der Waals surface area contributed by atoms with E-state index in [1.807, 2.05) is 12.1 Å². The second kappa shape index (κ2) is 5.97. The highest BCUT2D eigenvalue weighted by Crippen LogP contribution is 2.36. The van der Waals surface area contributed by atoms with Crippen LogP contribution in [0, 0.1) is 11.8 Å². The third-order valence-electron chi connectivity index (χ3n) is 5.07. The molecule has 0 radical (unpaired) electrons. The van der Waals surface area contributed by atoms with E-state index in [0.717, 1.165) is 37.5 Å². The van der Waals surface area contributed by atoms with E-state index in [4.69, 9.17) is 4.74 Å². The van der Waals surface area contributed by atoms with Crippen LogP contribution in [-0.2, 0) is 9.53 Å². The Bertz CT molecular complexity index is 532. The molecule has 4 rings (SSSR count). The number of nitrogens with zero attached hydrogens (tertiary/aromatic N) is 2. The zero-order valence-electron chi connectivity index (χ0n) is 12.8. The third kappa shape index (κ3) is 3.15. The molecule has 22 heavy (non-hydrogen) atoms. The van der Waals surface area contributed by atoms with Crippen LogP contribution < -0.4 is 5.32 Å². The lowest BCUT2D eigenvalue weighted by Crippen LogP contribution is -2.43. The van der Waals surface area contributed by atoms with Crippen LogP contribution in [0.3, 0.4) is 0 Å². The average Bonchev–Trinajstić information content (AvgIpc) is 3.24. The molecule has 0 bridgehead atoms. The van der Waals surface area contributed by atoms with E-state index in [2.05, 4.69) is 15.2 Å². The van der Waals surface area contributed by atoms with Gasteiger partial charge in [0, 0.05) is 19.3 Å². The van der Waals surface area contributed by atoms with Gasteiger partial charge in [0.25, 0.3) is 5.91 Å². The fourth-order valence-corrected chi connectivity index (χ4v) is 3.65. The monoisotopic (exact) mass is 301 g/mol. The molecule has 3 heterocycles. The lowest BCUT2D eigenvalue weighted by molar-refractivity contribution is -0.127. The number of ether oxygens (including phenoxy) is 1. The summed E-state index contributed by atoms with van der Waals surface area (Å²) < 4.78 is 6.06. The summed E-state index contributed by atoms with van der Waals surface area (Å²) in [5.41, 5.74) is 0.737. The Kier molecular flexibility index (Phi) is 3.84. The van der Waals surface area contributed by atoms with Crippen LogP contribution >= 0.6 is 0 Å². The standard InChI is InChI=1S/C17H23N3O2/c21-17(19-14-2-1-6-18-9-14)15-8-13-5-7-20(10-12-3-4-12)11-16(13)22-15/h1-2,6,9,12-13,15-16H,3-5,7-8,10-11H2,(H,19,21)/t13-,15+,16+/m0/s1. The normalized spacial score (nSPS) is 31.7. The van der Waals surface area contributed by atoms with Crippen LogP contribution in [0.4, 0.5) is 5.69 Å². The molecule has 1 aromatic heterocycles. The number of piperidine rings is 1. The van der Waals surface area contributed by atoms with Crippen molar-refractivity contribution in [1.29, 1.82) is 0 Å². The number of pyridine rings is 1. The highest BCUT2D eigenvalue weighted by molar-refractivity contribution is 5.94. The van der Waals surface area contributed by atoms with Crippen molar-refractivity contribution in [1.82, 2.24) is 9.88 Å². The zero-order chi connectivity index (χ0) is 14.9. The van der Waals surface area contributed by atoms with Gasteiger partial charge in [0.1, 0.15) is 6.10 Å². The summed E-state index contributed by atoms with van der Waals surface area (Å²) in [6, 6.07) is 3.67. The SMILES string of the molecule is O=C(Nc1cccnc1)[C@H]1C[C@@H]2CCN(CC3CC3)C[C@H]2O1. The Hall–Kier alpha value is -1.46. The van der Waals surface area contributed by atoms with E-state index in [1.54, 1.807) is 12.4 Å². The van der Waals surface area contributed by atoms with Crippen molar-refractivity contribution in [2.24, 2.45) is 11.8 Å². The summed E-state index contributed by atoms with van der Waals surface area (Å²) in [5.74, 6) is 1.43. The van der Waals surface area contributed by atoms with Gasteiger partial charge in [-0.05, 0) is 56.2 Å². The molecule has 3 fully saturated rings. The van der Waals surface area contributed by atoms with Crippen LogP contribution in [0.25, 0.3) is 0 Å². The molecule has 1 N–H and O–H groups in total. The number of anilines is 1. The maximum atomic E-state index is 12.3. The molecule has 0 unspecified atom stereocenters. The number of likely N-dealkylation sites (tertiary alicyclic amines) is 1. The highest BCUT2D eigenvalue weighted by atomic mass is 16.5. The quantitative estimate of drug-likeness (QED) is 0.923. The van der Waals surface area contributed by atoms with Crippen LogP contribution in [-0.4, -0.2) is 47.6 Å². The van der Waals surface area contributed by atoms with Gasteiger partial charge in [-0.15, -0.1) is 0 Å². The van der Waals surface area contributed by atoms with E-state index < -0.39 is 0 Å². The molecule has 1 aliphatic carbocycles. The minimum atomic E-state index is -0.309. The van der Waals surface area contributed by atoms with E-state index in [1.165, 1.54) is 19.4 Å². The van der Waals surface area contributed by atoms with Crippen LogP contribution in [0.2, 0.25) is 0 Å². The number of carbonyl (C=O) groups is 1. The van der Waals surface area contributed by atoms with Gasteiger partial charge < -0.3 is 15.0 Å². The van der Waals surface area contributed by atoms with Crippen molar-refractivity contribution in [3.63, 3.8) is 0 Å². The van der Waals surface area contributed by atoms with Crippen LogP contribution in [0.1, 0.15) is 25.7 Å². The van der Waals surface area contributed by atoms with Crippen molar-refractivity contribution in [3.8, 4) is 0 Å². The fraction of sp³-hybridized carbons (Fsp3) is 0.647. The van der Waals surface area contributed by atoms with Crippen molar-refractivity contribution < 1.29 is 9.53 Å². The Labute approximate surface area is 131 Å². The molecule has 0 spiro atoms. The van der Waals surface area contributed by atoms with Gasteiger partial charge in [-0.3, -0.25) is 9.78 Å². The molecular formula is C17H23N3O2. The number of nitrogens with one attached hydrogen (secondary N) is 1. The maximum absolute atomic E-state index is 12.3. The first-order valence-corrected chi connectivity index (χ1v) is 8.36. The van der Waals surface area contributed by atoms with Gasteiger partial charge >= 0.3 is 0 Å². The largest absolute Gasteiger partial charge is 0.364 e. The zero-order valence-corrected chi connectivity index (χ0v) is 12.8. The summed E-state index contributed by atoms with van der Waals surface area (Å²) >= 11 is 0. The van der Waals surface area contributed by atoms with Gasteiger partial charge in [-0.1, -0.05) is 0 Å². The summed E-state index contributed by atoms with van der Waals surface area (Å²) in [6.07, 6.45) is 8.08. The summed E-state index contributed by atoms with van der Waals surface area (Å²) in [5, 5.41) is 2.91. The second-order valence-electron chi connectivity index (χ2n) is 6.88. The number of rotatable bonds is 4. The van der Waals surface area contributed by atoms with Crippen LogP contribution in [0.5, 0.6) is 0 Å². The summed E-state index contributed by atoms with van der Waals surface area (Å²) in [4.78, 5) is 18.9. The number of hydrogen-bond acceptors (Lipinski definition) is 4. The first-order chi connectivity index (χ1) is 10.8. The molecule has 118 valence electrons. The summed E-state index contributed by atoms with van der Waals surface area (Å²) in [7, 11) is 0. The van der Waals surface area contributed by atoms with Crippen molar-refractivity contribution in [2.45, 2.75) is 37.9 Å². The van der Waals surface area contributed by atoms with E-state index in [9.17, 15) is 4.79 Å². The maximum Gasteiger partial charge on any atom is 0.253 e. The topological polar surface area (TPSA) is 54.5 Å². The molecule has 3 aliphatic rings. The molecule has 1 saturated carbocycles. The molecule has 2 saturated heterocycles. The average molecular weight is 301 g/mol. The Morgan fingerprint density at radius 3 is 3.09 bits per heavy atom. The van der Waals surface area contributed by atoms with Gasteiger partial charge in [0.05, 0.1) is 18.0 Å². The number of fused-ring (bicyclic) bond motifs is 1. The molecule has 0 aromatic carbocycles. The van der Waals surface area contributed by atoms with Crippen molar-refractivity contribution in [3.05, 3.63) is 24.5 Å². The highest BCUT2D eigenvalue weighted by Gasteiger charge is 2.42. The van der Waals surface area contributed by atoms with Gasteiger partial charge in [-0.2, -0.15) is 0 Å².